The zero-order valence-corrected chi connectivity index (χ0v) is 14.3. The van der Waals surface area contributed by atoms with Crippen LogP contribution in [0.1, 0.15) is 32.1 Å². The number of hydrogen-bond donors (Lipinski definition) is 1. The molecule has 124 valence electrons. The van der Waals surface area contributed by atoms with Crippen LogP contribution in [0.3, 0.4) is 0 Å². The zero-order valence-electron chi connectivity index (χ0n) is 12.6. The van der Waals surface area contributed by atoms with Crippen LogP contribution in [0.2, 0.25) is 0 Å². The van der Waals surface area contributed by atoms with Crippen LogP contribution in [-0.2, 0) is 19.9 Å². The summed E-state index contributed by atoms with van der Waals surface area (Å²) in [7, 11) is -4.76. The molecule has 2 fully saturated rings. The normalized spacial score (nSPS) is 25.2. The average Bonchev–Trinajstić information content (AvgIpc) is 2.45. The van der Waals surface area contributed by atoms with Gasteiger partial charge in [0.25, 0.3) is 0 Å². The van der Waals surface area contributed by atoms with Gasteiger partial charge in [0.2, 0.25) is 10.0 Å². The molecule has 1 N–H and O–H groups in total. The predicted octanol–water partition coefficient (Wildman–Crippen LogP) is 0.215. The topological polar surface area (TPSA) is 83.6 Å². The molecule has 0 radical (unpaired) electrons. The van der Waals surface area contributed by atoms with Crippen molar-refractivity contribution in [3.8, 4) is 0 Å². The van der Waals surface area contributed by atoms with Crippen LogP contribution >= 0.6 is 0 Å². The molecule has 0 atom stereocenters. The smallest absolute Gasteiger partial charge is 0.216 e. The second-order valence-electron chi connectivity index (χ2n) is 6.20. The molecule has 2 heterocycles. The second kappa shape index (κ2) is 6.93. The van der Waals surface area contributed by atoms with E-state index in [9.17, 15) is 16.8 Å². The van der Waals surface area contributed by atoms with E-state index in [1.807, 2.05) is 0 Å². The van der Waals surface area contributed by atoms with Crippen molar-refractivity contribution in [1.82, 2.24) is 9.62 Å². The Kier molecular flexibility index (Phi) is 5.67. The van der Waals surface area contributed by atoms with Gasteiger partial charge < -0.3 is 5.32 Å². The van der Waals surface area contributed by atoms with Crippen molar-refractivity contribution in [1.29, 1.82) is 0 Å². The average molecular weight is 338 g/mol. The minimum Gasteiger partial charge on any atom is -0.317 e. The predicted molar refractivity (Wildman–Crippen MR) is 83.4 cm³/mol. The van der Waals surface area contributed by atoms with Gasteiger partial charge in [-0.05, 0) is 51.1 Å². The maximum atomic E-state index is 12.5. The van der Waals surface area contributed by atoms with E-state index in [-0.39, 0.29) is 24.3 Å². The monoisotopic (exact) mass is 338 g/mol. The van der Waals surface area contributed by atoms with Gasteiger partial charge in [-0.25, -0.2) is 21.1 Å². The summed E-state index contributed by atoms with van der Waals surface area (Å²) in [4.78, 5) is 0. The minimum absolute atomic E-state index is 0.000961. The first-order chi connectivity index (χ1) is 9.81. The van der Waals surface area contributed by atoms with Crippen molar-refractivity contribution >= 4 is 19.9 Å². The van der Waals surface area contributed by atoms with Crippen molar-refractivity contribution in [3.63, 3.8) is 0 Å². The van der Waals surface area contributed by atoms with Crippen LogP contribution in [0.15, 0.2) is 0 Å². The molecule has 0 aliphatic carbocycles. The lowest BCUT2D eigenvalue weighted by atomic mass is 9.95. The van der Waals surface area contributed by atoms with Crippen LogP contribution < -0.4 is 5.32 Å². The standard InChI is InChI=1S/C13H26N2O4S2/c1-15(9-4-12-2-7-14-8-3-12)21(18,19)13-5-10-20(16,17)11-6-13/h12-14H,2-11H2,1H3. The first-order valence-electron chi connectivity index (χ1n) is 7.67. The molecular weight excluding hydrogens is 312 g/mol. The zero-order chi connectivity index (χ0) is 15.5. The van der Waals surface area contributed by atoms with Gasteiger partial charge in [0.1, 0.15) is 9.84 Å². The van der Waals surface area contributed by atoms with Crippen molar-refractivity contribution in [2.24, 2.45) is 5.92 Å². The molecule has 8 heteroatoms. The van der Waals surface area contributed by atoms with Crippen LogP contribution in [0.25, 0.3) is 0 Å². The van der Waals surface area contributed by atoms with Gasteiger partial charge in [0.15, 0.2) is 0 Å². The third kappa shape index (κ3) is 4.64. The maximum Gasteiger partial charge on any atom is 0.216 e. The summed E-state index contributed by atoms with van der Waals surface area (Å²) in [6.07, 6.45) is 3.58. The molecule has 2 saturated heterocycles. The van der Waals surface area contributed by atoms with Gasteiger partial charge in [-0.15, -0.1) is 0 Å². The highest BCUT2D eigenvalue weighted by atomic mass is 32.2. The van der Waals surface area contributed by atoms with E-state index in [0.29, 0.717) is 12.5 Å². The van der Waals surface area contributed by atoms with Crippen molar-refractivity contribution in [2.75, 3.05) is 38.2 Å². The molecule has 2 aliphatic heterocycles. The Morgan fingerprint density at radius 3 is 2.24 bits per heavy atom. The van der Waals surface area contributed by atoms with Gasteiger partial charge in [-0.3, -0.25) is 0 Å². The van der Waals surface area contributed by atoms with Crippen LogP contribution in [-0.4, -0.2) is 64.6 Å². The highest BCUT2D eigenvalue weighted by molar-refractivity contribution is 7.92. The maximum absolute atomic E-state index is 12.5. The lowest BCUT2D eigenvalue weighted by Crippen LogP contribution is -2.41. The molecular formula is C13H26N2O4S2. The summed E-state index contributed by atoms with van der Waals surface area (Å²) in [5.74, 6) is 0.591. The molecule has 0 saturated carbocycles. The van der Waals surface area contributed by atoms with Crippen molar-refractivity contribution in [3.05, 3.63) is 0 Å². The van der Waals surface area contributed by atoms with Crippen LogP contribution in [0.5, 0.6) is 0 Å². The highest BCUT2D eigenvalue weighted by Gasteiger charge is 2.35. The fraction of sp³-hybridized carbons (Fsp3) is 1.00. The Hall–Kier alpha value is -0.180. The lowest BCUT2D eigenvalue weighted by molar-refractivity contribution is 0.324. The summed E-state index contributed by atoms with van der Waals surface area (Å²) in [5.41, 5.74) is 0. The fourth-order valence-electron chi connectivity index (χ4n) is 3.08. The minimum atomic E-state index is -3.36. The summed E-state index contributed by atoms with van der Waals surface area (Å²) in [6, 6.07) is 0. The van der Waals surface area contributed by atoms with Crippen LogP contribution in [0.4, 0.5) is 0 Å². The summed E-state index contributed by atoms with van der Waals surface area (Å²) < 4.78 is 49.2. The summed E-state index contributed by atoms with van der Waals surface area (Å²) in [5, 5.41) is 2.77. The number of sulfone groups is 1. The van der Waals surface area contributed by atoms with E-state index < -0.39 is 25.1 Å². The largest absolute Gasteiger partial charge is 0.317 e. The van der Waals surface area contributed by atoms with E-state index in [1.165, 1.54) is 4.31 Å². The Balaban J connectivity index is 1.86. The van der Waals surface area contributed by atoms with E-state index in [0.717, 1.165) is 32.4 Å². The molecule has 6 nitrogen and oxygen atoms in total. The van der Waals surface area contributed by atoms with E-state index in [4.69, 9.17) is 0 Å². The first kappa shape index (κ1) is 17.2. The number of rotatable bonds is 5. The first-order valence-corrected chi connectivity index (χ1v) is 11.0. The Morgan fingerprint density at radius 1 is 1.10 bits per heavy atom. The number of nitrogens with one attached hydrogen (secondary N) is 1. The Morgan fingerprint density at radius 2 is 1.67 bits per heavy atom. The third-order valence-corrected chi connectivity index (χ3v) is 8.75. The molecule has 21 heavy (non-hydrogen) atoms. The van der Waals surface area contributed by atoms with Crippen molar-refractivity contribution < 1.29 is 16.8 Å². The molecule has 0 bridgehead atoms. The van der Waals surface area contributed by atoms with Crippen LogP contribution in [0, 0.1) is 5.92 Å². The number of hydrogen-bond acceptors (Lipinski definition) is 5. The summed E-state index contributed by atoms with van der Waals surface area (Å²) >= 11 is 0. The highest BCUT2D eigenvalue weighted by Crippen LogP contribution is 2.23. The fourth-order valence-corrected chi connectivity index (χ4v) is 6.57. The van der Waals surface area contributed by atoms with Gasteiger partial charge in [-0.2, -0.15) is 0 Å². The molecule has 0 aromatic rings. The van der Waals surface area contributed by atoms with E-state index in [1.54, 1.807) is 7.05 Å². The molecule has 0 aromatic carbocycles. The second-order valence-corrected chi connectivity index (χ2v) is 10.8. The number of nitrogens with zero attached hydrogens (tertiary/aromatic N) is 1. The molecule has 0 amide bonds. The Bertz CT molecular complexity index is 525. The van der Waals surface area contributed by atoms with Gasteiger partial charge >= 0.3 is 0 Å². The van der Waals surface area contributed by atoms with Crippen molar-refractivity contribution in [2.45, 2.75) is 37.4 Å². The summed E-state index contributed by atoms with van der Waals surface area (Å²) in [6.45, 7) is 2.57. The van der Waals surface area contributed by atoms with Gasteiger partial charge in [0.05, 0.1) is 16.8 Å². The molecule has 2 aliphatic rings. The molecule has 2 rings (SSSR count). The lowest BCUT2D eigenvalue weighted by Gasteiger charge is -2.29. The van der Waals surface area contributed by atoms with Gasteiger partial charge in [-0.1, -0.05) is 0 Å². The SMILES string of the molecule is CN(CCC1CCNCC1)S(=O)(=O)C1CCS(=O)(=O)CC1. The number of sulfonamides is 1. The Labute approximate surface area is 128 Å². The quantitative estimate of drug-likeness (QED) is 0.775. The molecule has 0 spiro atoms. The van der Waals surface area contributed by atoms with E-state index in [2.05, 4.69) is 5.32 Å². The van der Waals surface area contributed by atoms with Gasteiger partial charge in [0, 0.05) is 13.6 Å². The molecule has 0 aromatic heterocycles. The molecule has 0 unspecified atom stereocenters. The number of piperidine rings is 1. The van der Waals surface area contributed by atoms with E-state index >= 15 is 0 Å². The third-order valence-electron chi connectivity index (χ3n) is 4.67.